The third-order valence-corrected chi connectivity index (χ3v) is 3.57. The van der Waals surface area contributed by atoms with Gasteiger partial charge in [0.05, 0.1) is 6.10 Å². The fourth-order valence-corrected chi connectivity index (χ4v) is 2.02. The van der Waals surface area contributed by atoms with Gasteiger partial charge in [0.15, 0.2) is 18.1 Å². The highest BCUT2D eigenvalue weighted by molar-refractivity contribution is 8.12. The lowest BCUT2D eigenvalue weighted by Crippen LogP contribution is -2.31. The van der Waals surface area contributed by atoms with Crippen molar-refractivity contribution in [2.75, 3.05) is 12.8 Å². The van der Waals surface area contributed by atoms with E-state index in [1.807, 2.05) is 6.07 Å². The number of aryl methyl sites for hydroxylation is 1. The standard InChI is InChI=1S/C12H15NO3.C7H8O5S.H2/c1-9(2)16-11(14)8-13-12(15)10-6-4-3-5-7-10;1-4-5(12-6(8)11-4)3-10-7(9)13-2;/h3-7,9H,8H2,1-2H3,(H,13,15);3H2,1-2H3;1H. The average Bonchev–Trinajstić information content (AvgIpc) is 3.02. The Kier molecular flexibility index (Phi) is 10.3. The second-order valence-electron chi connectivity index (χ2n) is 5.76. The van der Waals surface area contributed by atoms with Crippen LogP contribution in [0, 0.1) is 6.92 Å². The molecule has 1 heterocycles. The predicted octanol–water partition coefficient (Wildman–Crippen LogP) is 3.15. The van der Waals surface area contributed by atoms with E-state index in [0.29, 0.717) is 11.3 Å². The quantitative estimate of drug-likeness (QED) is 0.692. The Morgan fingerprint density at radius 3 is 2.34 bits per heavy atom. The summed E-state index contributed by atoms with van der Waals surface area (Å²) in [4.78, 5) is 43.9. The maximum Gasteiger partial charge on any atom is 0.519 e. The maximum absolute atomic E-state index is 11.5. The number of carbonyl (C=O) groups excluding carboxylic acids is 3. The van der Waals surface area contributed by atoms with Crippen molar-refractivity contribution in [2.24, 2.45) is 0 Å². The Morgan fingerprint density at radius 2 is 1.83 bits per heavy atom. The molecule has 2 rings (SSSR count). The van der Waals surface area contributed by atoms with Gasteiger partial charge in [-0.2, -0.15) is 0 Å². The van der Waals surface area contributed by atoms with E-state index in [9.17, 15) is 19.2 Å². The molecule has 0 aliphatic carbocycles. The fourth-order valence-electron chi connectivity index (χ4n) is 1.84. The van der Waals surface area contributed by atoms with E-state index in [-0.39, 0.29) is 32.3 Å². The zero-order valence-electron chi connectivity index (χ0n) is 16.6. The van der Waals surface area contributed by atoms with Gasteiger partial charge in [-0.1, -0.05) is 18.2 Å². The largest absolute Gasteiger partial charge is 0.519 e. The molecular weight excluding hydrogens is 402 g/mol. The SMILES string of the molecule is CC(C)OC(=O)CNC(=O)c1ccccc1.CSC(=O)OCc1oc(=O)oc1C.[HH]. The van der Waals surface area contributed by atoms with Crippen LogP contribution in [-0.4, -0.2) is 36.1 Å². The van der Waals surface area contributed by atoms with Crippen LogP contribution >= 0.6 is 11.8 Å². The first-order valence-electron chi connectivity index (χ1n) is 8.55. The minimum atomic E-state index is -0.785. The smallest absolute Gasteiger partial charge is 0.462 e. The lowest BCUT2D eigenvalue weighted by molar-refractivity contribution is -0.146. The van der Waals surface area contributed by atoms with Crippen LogP contribution in [0.2, 0.25) is 0 Å². The van der Waals surface area contributed by atoms with Crippen LogP contribution in [0.4, 0.5) is 4.79 Å². The molecule has 1 amide bonds. The molecule has 0 unspecified atom stereocenters. The van der Waals surface area contributed by atoms with Gasteiger partial charge in [-0.25, -0.2) is 9.59 Å². The van der Waals surface area contributed by atoms with E-state index >= 15 is 0 Å². The topological polar surface area (TPSA) is 125 Å². The van der Waals surface area contributed by atoms with Crippen molar-refractivity contribution in [3.63, 3.8) is 0 Å². The van der Waals surface area contributed by atoms with Crippen LogP contribution in [0.5, 0.6) is 0 Å². The van der Waals surface area contributed by atoms with Crippen LogP contribution in [0.1, 0.15) is 37.2 Å². The number of hydrogen-bond acceptors (Lipinski definition) is 9. The van der Waals surface area contributed by atoms with Crippen molar-refractivity contribution in [3.8, 4) is 0 Å². The number of rotatable bonds is 6. The molecule has 0 saturated heterocycles. The highest BCUT2D eigenvalue weighted by Crippen LogP contribution is 2.09. The minimum Gasteiger partial charge on any atom is -0.462 e. The monoisotopic (exact) mass is 427 g/mol. The minimum absolute atomic E-state index is 0. The van der Waals surface area contributed by atoms with Crippen LogP contribution < -0.4 is 11.1 Å². The summed E-state index contributed by atoms with van der Waals surface area (Å²) in [6.45, 7) is 4.91. The molecule has 160 valence electrons. The van der Waals surface area contributed by atoms with Gasteiger partial charge < -0.3 is 23.6 Å². The Bertz CT molecular complexity index is 863. The molecule has 1 aromatic carbocycles. The molecule has 9 nitrogen and oxygen atoms in total. The van der Waals surface area contributed by atoms with Gasteiger partial charge in [0.25, 0.3) is 5.91 Å². The molecule has 0 aliphatic heterocycles. The first-order chi connectivity index (χ1) is 13.7. The van der Waals surface area contributed by atoms with Crippen molar-refractivity contribution in [1.82, 2.24) is 5.32 Å². The Morgan fingerprint density at radius 1 is 1.17 bits per heavy atom. The molecule has 2 aromatic rings. The molecule has 10 heteroatoms. The van der Waals surface area contributed by atoms with Gasteiger partial charge in [-0.05, 0) is 50.9 Å². The van der Waals surface area contributed by atoms with E-state index < -0.39 is 17.1 Å². The number of thioether (sulfide) groups is 1. The van der Waals surface area contributed by atoms with Gasteiger partial charge in [-0.3, -0.25) is 9.59 Å². The summed E-state index contributed by atoms with van der Waals surface area (Å²) in [7, 11) is 0. The fraction of sp³-hybridized carbons (Fsp3) is 0.368. The molecule has 0 aliphatic rings. The number of carbonyl (C=O) groups is 3. The second kappa shape index (κ2) is 12.4. The van der Waals surface area contributed by atoms with E-state index in [1.54, 1.807) is 51.3 Å². The molecule has 0 spiro atoms. The van der Waals surface area contributed by atoms with Crippen LogP contribution in [0.25, 0.3) is 0 Å². The van der Waals surface area contributed by atoms with Gasteiger partial charge in [-0.15, -0.1) is 0 Å². The van der Waals surface area contributed by atoms with Crippen molar-refractivity contribution < 1.29 is 34.1 Å². The average molecular weight is 427 g/mol. The van der Waals surface area contributed by atoms with Crippen molar-refractivity contribution in [2.45, 2.75) is 33.5 Å². The third-order valence-electron chi connectivity index (χ3n) is 3.12. The highest BCUT2D eigenvalue weighted by Gasteiger charge is 2.10. The highest BCUT2D eigenvalue weighted by atomic mass is 32.2. The van der Waals surface area contributed by atoms with Crippen molar-refractivity contribution in [1.29, 1.82) is 0 Å². The van der Waals surface area contributed by atoms with Crippen LogP contribution in [0.15, 0.2) is 44.0 Å². The van der Waals surface area contributed by atoms with Gasteiger partial charge in [0.2, 0.25) is 0 Å². The van der Waals surface area contributed by atoms with Crippen molar-refractivity contribution in [3.05, 3.63) is 58.0 Å². The summed E-state index contributed by atoms with van der Waals surface area (Å²) in [5.41, 5.74) is 0.528. The van der Waals surface area contributed by atoms with E-state index in [4.69, 9.17) is 9.47 Å². The number of ether oxygens (including phenoxy) is 2. The lowest BCUT2D eigenvalue weighted by Gasteiger charge is -2.08. The molecule has 1 N–H and O–H groups in total. The second-order valence-corrected chi connectivity index (χ2v) is 6.51. The number of amides is 1. The van der Waals surface area contributed by atoms with Crippen LogP contribution in [-0.2, 0) is 20.9 Å². The Hall–Kier alpha value is -3.01. The van der Waals surface area contributed by atoms with E-state index in [2.05, 4.69) is 14.2 Å². The first kappa shape index (κ1) is 24.0. The Balaban J connectivity index is 0.000000553. The molecule has 29 heavy (non-hydrogen) atoms. The molecule has 0 saturated carbocycles. The number of benzene rings is 1. The normalized spacial score (nSPS) is 9.97. The lowest BCUT2D eigenvalue weighted by atomic mass is 10.2. The van der Waals surface area contributed by atoms with Gasteiger partial charge in [0.1, 0.15) is 6.54 Å². The zero-order chi connectivity index (χ0) is 21.8. The van der Waals surface area contributed by atoms with Gasteiger partial charge >= 0.3 is 17.1 Å². The first-order valence-corrected chi connectivity index (χ1v) is 9.78. The van der Waals surface area contributed by atoms with Crippen LogP contribution in [0.3, 0.4) is 0 Å². The summed E-state index contributed by atoms with van der Waals surface area (Å²) in [6.07, 6.45) is 1.43. The molecule has 0 bridgehead atoms. The number of hydrogen-bond donors (Lipinski definition) is 1. The van der Waals surface area contributed by atoms with Gasteiger partial charge in [0, 0.05) is 6.99 Å². The number of esters is 1. The molecule has 0 fully saturated rings. The number of nitrogens with one attached hydrogen (secondary N) is 1. The molecule has 0 radical (unpaired) electrons. The maximum atomic E-state index is 11.5. The van der Waals surface area contributed by atoms with E-state index in [1.165, 1.54) is 0 Å². The summed E-state index contributed by atoms with van der Waals surface area (Å²) in [5, 5.41) is 2.06. The summed E-state index contributed by atoms with van der Waals surface area (Å²) < 4.78 is 18.7. The summed E-state index contributed by atoms with van der Waals surface area (Å²) in [5.74, 6) is -0.917. The van der Waals surface area contributed by atoms with E-state index in [0.717, 1.165) is 11.8 Å². The van der Waals surface area contributed by atoms with Crippen molar-refractivity contribution >= 4 is 28.9 Å². The zero-order valence-corrected chi connectivity index (χ0v) is 17.4. The summed E-state index contributed by atoms with van der Waals surface area (Å²) in [6, 6.07) is 8.72. The summed E-state index contributed by atoms with van der Waals surface area (Å²) >= 11 is 0.945. The Labute approximate surface area is 173 Å². The third kappa shape index (κ3) is 9.65. The predicted molar refractivity (Wildman–Crippen MR) is 108 cm³/mol. The molecular formula is C19H25NO8S. The molecule has 1 aromatic heterocycles. The molecule has 0 atom stereocenters.